The minimum absolute atomic E-state index is 0.169. The van der Waals surface area contributed by atoms with E-state index in [-0.39, 0.29) is 5.60 Å². The topological polar surface area (TPSA) is 65.5 Å². The smallest absolute Gasteiger partial charge is 0.156 e. The number of aryl methyl sites for hydroxylation is 1. The van der Waals surface area contributed by atoms with Crippen LogP contribution < -0.4 is 5.32 Å². The first-order valence-corrected chi connectivity index (χ1v) is 7.46. The molecule has 1 fully saturated rings. The molecule has 6 nitrogen and oxygen atoms in total. The standard InChI is InChI=1S/C15H25N3O3/c1-4-20-10-14-17-12(2)9-13(18-14)16-11-15(19-3)5-7-21-8-6-15/h9H,4-8,10-11H2,1-3H3,(H,16,17,18). The molecule has 1 aromatic heterocycles. The summed E-state index contributed by atoms with van der Waals surface area (Å²) in [5.41, 5.74) is 0.762. The summed E-state index contributed by atoms with van der Waals surface area (Å²) in [5, 5.41) is 3.38. The number of nitrogens with zero attached hydrogens (tertiary/aromatic N) is 2. The van der Waals surface area contributed by atoms with Crippen LogP contribution in [0.5, 0.6) is 0 Å². The van der Waals surface area contributed by atoms with Crippen LogP contribution in [-0.2, 0) is 20.8 Å². The molecule has 1 aromatic rings. The Kier molecular flexibility index (Phi) is 5.90. The summed E-state index contributed by atoms with van der Waals surface area (Å²) in [7, 11) is 1.76. The highest BCUT2D eigenvalue weighted by Crippen LogP contribution is 2.24. The van der Waals surface area contributed by atoms with Gasteiger partial charge in [-0.1, -0.05) is 0 Å². The first-order valence-electron chi connectivity index (χ1n) is 7.46. The fourth-order valence-corrected chi connectivity index (χ4v) is 2.43. The van der Waals surface area contributed by atoms with Crippen molar-refractivity contribution < 1.29 is 14.2 Å². The van der Waals surface area contributed by atoms with E-state index in [2.05, 4.69) is 15.3 Å². The van der Waals surface area contributed by atoms with Crippen molar-refractivity contribution in [2.24, 2.45) is 0 Å². The highest BCUT2D eigenvalue weighted by atomic mass is 16.5. The molecule has 118 valence electrons. The van der Waals surface area contributed by atoms with E-state index >= 15 is 0 Å². The molecule has 2 rings (SSSR count). The van der Waals surface area contributed by atoms with Crippen LogP contribution in [0.3, 0.4) is 0 Å². The van der Waals surface area contributed by atoms with Gasteiger partial charge < -0.3 is 19.5 Å². The fourth-order valence-electron chi connectivity index (χ4n) is 2.43. The van der Waals surface area contributed by atoms with Crippen molar-refractivity contribution in [2.75, 3.05) is 38.8 Å². The molecule has 0 unspecified atom stereocenters. The lowest BCUT2D eigenvalue weighted by molar-refractivity contribution is -0.0807. The maximum absolute atomic E-state index is 5.72. The molecule has 21 heavy (non-hydrogen) atoms. The van der Waals surface area contributed by atoms with E-state index in [9.17, 15) is 0 Å². The predicted octanol–water partition coefficient (Wildman–Crippen LogP) is 1.93. The number of nitrogens with one attached hydrogen (secondary N) is 1. The van der Waals surface area contributed by atoms with Gasteiger partial charge in [-0.2, -0.15) is 0 Å². The van der Waals surface area contributed by atoms with Gasteiger partial charge >= 0.3 is 0 Å². The van der Waals surface area contributed by atoms with Crippen LogP contribution in [0.2, 0.25) is 0 Å². The summed E-state index contributed by atoms with van der Waals surface area (Å²) in [4.78, 5) is 8.86. The molecule has 1 aliphatic heterocycles. The Morgan fingerprint density at radius 2 is 2.10 bits per heavy atom. The van der Waals surface area contributed by atoms with E-state index in [1.165, 1.54) is 0 Å². The summed E-state index contributed by atoms with van der Waals surface area (Å²) in [6.45, 7) is 7.23. The number of hydrogen-bond donors (Lipinski definition) is 1. The second kappa shape index (κ2) is 7.68. The molecule has 0 spiro atoms. The van der Waals surface area contributed by atoms with Gasteiger partial charge in [-0.15, -0.1) is 0 Å². The van der Waals surface area contributed by atoms with Gasteiger partial charge in [0.05, 0.1) is 5.60 Å². The van der Waals surface area contributed by atoms with Crippen LogP contribution in [0.1, 0.15) is 31.3 Å². The third-order valence-electron chi connectivity index (χ3n) is 3.76. The van der Waals surface area contributed by atoms with Crippen molar-refractivity contribution >= 4 is 5.82 Å². The summed E-state index contributed by atoms with van der Waals surface area (Å²) in [6.07, 6.45) is 1.79. The molecule has 0 saturated carbocycles. The Morgan fingerprint density at radius 1 is 1.33 bits per heavy atom. The Hall–Kier alpha value is -1.24. The van der Waals surface area contributed by atoms with E-state index in [1.54, 1.807) is 7.11 Å². The number of ether oxygens (including phenoxy) is 3. The zero-order valence-corrected chi connectivity index (χ0v) is 13.1. The van der Waals surface area contributed by atoms with Gasteiger partial charge in [0.25, 0.3) is 0 Å². The quantitative estimate of drug-likeness (QED) is 0.829. The lowest BCUT2D eigenvalue weighted by Crippen LogP contribution is -2.44. The van der Waals surface area contributed by atoms with E-state index in [0.29, 0.717) is 19.0 Å². The SMILES string of the molecule is CCOCc1nc(C)cc(NCC2(OC)CCOCC2)n1. The fraction of sp³-hybridized carbons (Fsp3) is 0.733. The predicted molar refractivity (Wildman–Crippen MR) is 80.4 cm³/mol. The minimum atomic E-state index is -0.169. The molecule has 2 heterocycles. The van der Waals surface area contributed by atoms with Gasteiger partial charge in [-0.05, 0) is 13.8 Å². The molecule has 0 aliphatic carbocycles. The highest BCUT2D eigenvalue weighted by molar-refractivity contribution is 5.36. The van der Waals surface area contributed by atoms with E-state index in [1.807, 2.05) is 19.9 Å². The molecular weight excluding hydrogens is 270 g/mol. The molecular formula is C15H25N3O3. The Balaban J connectivity index is 1.99. The second-order valence-electron chi connectivity index (χ2n) is 5.30. The zero-order valence-electron chi connectivity index (χ0n) is 13.1. The molecule has 0 atom stereocenters. The maximum atomic E-state index is 5.72. The monoisotopic (exact) mass is 295 g/mol. The molecule has 6 heteroatoms. The molecule has 0 amide bonds. The molecule has 1 saturated heterocycles. The third-order valence-corrected chi connectivity index (χ3v) is 3.76. The van der Waals surface area contributed by atoms with Crippen molar-refractivity contribution in [3.8, 4) is 0 Å². The number of hydrogen-bond acceptors (Lipinski definition) is 6. The molecule has 1 N–H and O–H groups in total. The summed E-state index contributed by atoms with van der Waals surface area (Å²) < 4.78 is 16.5. The zero-order chi connectivity index (χ0) is 15.1. The summed E-state index contributed by atoms with van der Waals surface area (Å²) in [6, 6.07) is 1.94. The number of aromatic nitrogens is 2. The molecule has 1 aliphatic rings. The van der Waals surface area contributed by atoms with Crippen LogP contribution in [0, 0.1) is 6.92 Å². The van der Waals surface area contributed by atoms with Crippen LogP contribution >= 0.6 is 0 Å². The van der Waals surface area contributed by atoms with Crippen LogP contribution in [0.4, 0.5) is 5.82 Å². The average Bonchev–Trinajstić information content (AvgIpc) is 2.51. The van der Waals surface area contributed by atoms with Gasteiger partial charge in [0.2, 0.25) is 0 Å². The van der Waals surface area contributed by atoms with Crippen molar-refractivity contribution in [3.05, 3.63) is 17.6 Å². The first-order chi connectivity index (χ1) is 10.2. The third kappa shape index (κ3) is 4.62. The Bertz CT molecular complexity index is 448. The minimum Gasteiger partial charge on any atom is -0.381 e. The van der Waals surface area contributed by atoms with Crippen molar-refractivity contribution in [1.29, 1.82) is 0 Å². The van der Waals surface area contributed by atoms with Crippen molar-refractivity contribution in [2.45, 2.75) is 38.9 Å². The number of anilines is 1. The lowest BCUT2D eigenvalue weighted by Gasteiger charge is -2.36. The van der Waals surface area contributed by atoms with E-state index in [4.69, 9.17) is 14.2 Å². The van der Waals surface area contributed by atoms with Crippen LogP contribution in [0.15, 0.2) is 6.07 Å². The lowest BCUT2D eigenvalue weighted by atomic mass is 9.94. The van der Waals surface area contributed by atoms with E-state index in [0.717, 1.165) is 44.1 Å². The van der Waals surface area contributed by atoms with Gasteiger partial charge in [-0.3, -0.25) is 0 Å². The summed E-state index contributed by atoms with van der Waals surface area (Å²) in [5.74, 6) is 1.53. The molecule has 0 radical (unpaired) electrons. The van der Waals surface area contributed by atoms with Crippen LogP contribution in [0.25, 0.3) is 0 Å². The second-order valence-corrected chi connectivity index (χ2v) is 5.30. The normalized spacial score (nSPS) is 17.7. The molecule has 0 aromatic carbocycles. The summed E-state index contributed by atoms with van der Waals surface area (Å²) >= 11 is 0. The van der Waals surface area contributed by atoms with E-state index < -0.39 is 0 Å². The van der Waals surface area contributed by atoms with Crippen molar-refractivity contribution in [1.82, 2.24) is 9.97 Å². The molecule has 0 bridgehead atoms. The first kappa shape index (κ1) is 16.1. The van der Waals surface area contributed by atoms with Gasteiger partial charge in [-0.25, -0.2) is 9.97 Å². The number of rotatable bonds is 7. The Morgan fingerprint density at radius 3 is 2.76 bits per heavy atom. The van der Waals surface area contributed by atoms with Gasteiger partial charge in [0, 0.05) is 58.1 Å². The maximum Gasteiger partial charge on any atom is 0.156 e. The van der Waals surface area contributed by atoms with Crippen molar-refractivity contribution in [3.63, 3.8) is 0 Å². The van der Waals surface area contributed by atoms with Gasteiger partial charge in [0.1, 0.15) is 12.4 Å². The van der Waals surface area contributed by atoms with Gasteiger partial charge in [0.15, 0.2) is 5.82 Å². The highest BCUT2D eigenvalue weighted by Gasteiger charge is 2.32. The average molecular weight is 295 g/mol. The largest absolute Gasteiger partial charge is 0.381 e. The number of methoxy groups -OCH3 is 1. The van der Waals surface area contributed by atoms with Crippen LogP contribution in [-0.4, -0.2) is 49.0 Å². The Labute approximate surface area is 126 Å².